The van der Waals surface area contributed by atoms with Gasteiger partial charge in [-0.3, -0.25) is 4.79 Å². The zero-order valence-corrected chi connectivity index (χ0v) is 15.9. The van der Waals surface area contributed by atoms with Crippen LogP contribution in [0.5, 0.6) is 0 Å². The summed E-state index contributed by atoms with van der Waals surface area (Å²) in [6, 6.07) is 16.9. The molecule has 1 aromatic heterocycles. The molecule has 0 bridgehead atoms. The maximum atomic E-state index is 13.3. The van der Waals surface area contributed by atoms with Crippen LogP contribution in [0.15, 0.2) is 79.1 Å². The molecule has 0 fully saturated rings. The lowest BCUT2D eigenvalue weighted by Gasteiger charge is -2.09. The molecule has 154 valence electrons. The molecular formula is C23H15F3N4O. The van der Waals surface area contributed by atoms with Crippen molar-refractivity contribution in [2.24, 2.45) is 0 Å². The molecule has 1 heterocycles. The quantitative estimate of drug-likeness (QED) is 0.444. The highest BCUT2D eigenvalue weighted by atomic mass is 19.1. The molecule has 2 N–H and O–H groups in total. The van der Waals surface area contributed by atoms with Gasteiger partial charge in [-0.25, -0.2) is 23.1 Å². The standard InChI is InChI=1S/C23H15F3N4O/c24-16-5-1-14(2-6-16)21-12-22(28-13-27-21)29-19-7-3-15(4-8-19)23(31)30-20-10-17(25)9-18(26)11-20/h1-13H,(H,30,31)(H,27,28,29). The smallest absolute Gasteiger partial charge is 0.255 e. The van der Waals surface area contributed by atoms with Crippen LogP contribution in [0, 0.1) is 17.5 Å². The van der Waals surface area contributed by atoms with E-state index >= 15 is 0 Å². The largest absolute Gasteiger partial charge is 0.340 e. The third-order valence-electron chi connectivity index (χ3n) is 4.35. The molecular weight excluding hydrogens is 405 g/mol. The predicted octanol–water partition coefficient (Wildman–Crippen LogP) is 5.56. The molecule has 0 saturated heterocycles. The summed E-state index contributed by atoms with van der Waals surface area (Å²) in [5.74, 6) is -1.87. The second-order valence-corrected chi connectivity index (χ2v) is 6.61. The second kappa shape index (κ2) is 8.66. The van der Waals surface area contributed by atoms with Crippen LogP contribution in [-0.2, 0) is 0 Å². The first-order valence-electron chi connectivity index (χ1n) is 9.19. The van der Waals surface area contributed by atoms with Crippen molar-refractivity contribution >= 4 is 23.1 Å². The van der Waals surface area contributed by atoms with Gasteiger partial charge in [0, 0.05) is 34.6 Å². The van der Waals surface area contributed by atoms with Crippen molar-refractivity contribution in [2.75, 3.05) is 10.6 Å². The zero-order chi connectivity index (χ0) is 21.8. The zero-order valence-electron chi connectivity index (χ0n) is 15.9. The highest BCUT2D eigenvalue weighted by Gasteiger charge is 2.09. The molecule has 1 amide bonds. The molecule has 0 aliphatic carbocycles. The van der Waals surface area contributed by atoms with Crippen molar-refractivity contribution in [2.45, 2.75) is 0 Å². The molecule has 4 rings (SSSR count). The van der Waals surface area contributed by atoms with Crippen molar-refractivity contribution in [3.63, 3.8) is 0 Å². The number of rotatable bonds is 5. The number of benzene rings is 3. The number of hydrogen-bond acceptors (Lipinski definition) is 4. The lowest BCUT2D eigenvalue weighted by Crippen LogP contribution is -2.12. The summed E-state index contributed by atoms with van der Waals surface area (Å²) in [5, 5.41) is 5.55. The van der Waals surface area contributed by atoms with E-state index in [2.05, 4.69) is 20.6 Å². The Kier molecular flexibility index (Phi) is 5.61. The SMILES string of the molecule is O=C(Nc1cc(F)cc(F)c1)c1ccc(Nc2cc(-c3ccc(F)cc3)ncn2)cc1. The van der Waals surface area contributed by atoms with Gasteiger partial charge < -0.3 is 10.6 Å². The summed E-state index contributed by atoms with van der Waals surface area (Å²) in [7, 11) is 0. The number of carbonyl (C=O) groups is 1. The van der Waals surface area contributed by atoms with Gasteiger partial charge in [-0.1, -0.05) is 0 Å². The monoisotopic (exact) mass is 420 g/mol. The molecule has 8 heteroatoms. The first-order valence-corrected chi connectivity index (χ1v) is 9.19. The van der Waals surface area contributed by atoms with Gasteiger partial charge in [0.25, 0.3) is 5.91 Å². The van der Waals surface area contributed by atoms with Crippen LogP contribution in [0.25, 0.3) is 11.3 Å². The van der Waals surface area contributed by atoms with Crippen molar-refractivity contribution < 1.29 is 18.0 Å². The van der Waals surface area contributed by atoms with Crippen LogP contribution < -0.4 is 10.6 Å². The summed E-state index contributed by atoms with van der Waals surface area (Å²) in [6.45, 7) is 0. The van der Waals surface area contributed by atoms with Crippen LogP contribution in [0.2, 0.25) is 0 Å². The molecule has 4 aromatic rings. The number of amides is 1. The Balaban J connectivity index is 1.45. The Morgan fingerprint density at radius 1 is 0.710 bits per heavy atom. The molecule has 3 aromatic carbocycles. The third kappa shape index (κ3) is 5.05. The molecule has 0 radical (unpaired) electrons. The van der Waals surface area contributed by atoms with Gasteiger partial charge in [0.15, 0.2) is 0 Å². The van der Waals surface area contributed by atoms with Crippen LogP contribution >= 0.6 is 0 Å². The minimum absolute atomic E-state index is 0.0269. The molecule has 0 unspecified atom stereocenters. The summed E-state index contributed by atoms with van der Waals surface area (Å²) >= 11 is 0. The first-order chi connectivity index (χ1) is 15.0. The molecule has 0 saturated carbocycles. The van der Waals surface area contributed by atoms with Gasteiger partial charge in [-0.2, -0.15) is 0 Å². The number of halogens is 3. The van der Waals surface area contributed by atoms with E-state index in [4.69, 9.17) is 0 Å². The Bertz CT molecular complexity index is 1210. The number of nitrogens with one attached hydrogen (secondary N) is 2. The van der Waals surface area contributed by atoms with E-state index in [1.54, 1.807) is 42.5 Å². The van der Waals surface area contributed by atoms with E-state index in [1.807, 2.05) is 0 Å². The van der Waals surface area contributed by atoms with Gasteiger partial charge in [0.1, 0.15) is 29.6 Å². The topological polar surface area (TPSA) is 66.9 Å². The first kappa shape index (κ1) is 20.1. The summed E-state index contributed by atoms with van der Waals surface area (Å²) < 4.78 is 39.6. The Morgan fingerprint density at radius 3 is 2.06 bits per heavy atom. The molecule has 0 atom stereocenters. The van der Waals surface area contributed by atoms with E-state index in [0.29, 0.717) is 22.8 Å². The fourth-order valence-corrected chi connectivity index (χ4v) is 2.89. The van der Waals surface area contributed by atoms with E-state index in [9.17, 15) is 18.0 Å². The molecule has 31 heavy (non-hydrogen) atoms. The van der Waals surface area contributed by atoms with Gasteiger partial charge in [-0.15, -0.1) is 0 Å². The summed E-state index contributed by atoms with van der Waals surface area (Å²) in [6.07, 6.45) is 1.39. The van der Waals surface area contributed by atoms with Crippen molar-refractivity contribution in [1.29, 1.82) is 0 Å². The Morgan fingerprint density at radius 2 is 1.39 bits per heavy atom. The fourth-order valence-electron chi connectivity index (χ4n) is 2.89. The third-order valence-corrected chi connectivity index (χ3v) is 4.35. The Labute approximate surface area is 175 Å². The average molecular weight is 420 g/mol. The van der Waals surface area contributed by atoms with E-state index < -0.39 is 17.5 Å². The number of hydrogen-bond donors (Lipinski definition) is 2. The van der Waals surface area contributed by atoms with Crippen molar-refractivity contribution in [1.82, 2.24) is 9.97 Å². The number of aromatic nitrogens is 2. The van der Waals surface area contributed by atoms with Crippen molar-refractivity contribution in [3.8, 4) is 11.3 Å². The highest BCUT2D eigenvalue weighted by molar-refractivity contribution is 6.04. The van der Waals surface area contributed by atoms with Gasteiger partial charge in [0.05, 0.1) is 5.69 Å². The van der Waals surface area contributed by atoms with Crippen LogP contribution in [-0.4, -0.2) is 15.9 Å². The molecule has 5 nitrogen and oxygen atoms in total. The average Bonchev–Trinajstić information content (AvgIpc) is 2.74. The fraction of sp³-hybridized carbons (Fsp3) is 0. The summed E-state index contributed by atoms with van der Waals surface area (Å²) in [5.41, 5.74) is 2.37. The van der Waals surface area contributed by atoms with Crippen LogP contribution in [0.1, 0.15) is 10.4 Å². The normalized spacial score (nSPS) is 10.5. The number of anilines is 3. The lowest BCUT2D eigenvalue weighted by molar-refractivity contribution is 0.102. The Hall–Kier alpha value is -4.20. The second-order valence-electron chi connectivity index (χ2n) is 6.61. The van der Waals surface area contributed by atoms with Gasteiger partial charge in [-0.05, 0) is 60.7 Å². The molecule has 0 aliphatic heterocycles. The maximum Gasteiger partial charge on any atom is 0.255 e. The van der Waals surface area contributed by atoms with Crippen LogP contribution in [0.3, 0.4) is 0 Å². The van der Waals surface area contributed by atoms with Gasteiger partial charge >= 0.3 is 0 Å². The molecule has 0 aliphatic rings. The van der Waals surface area contributed by atoms with Crippen LogP contribution in [0.4, 0.5) is 30.4 Å². The predicted molar refractivity (Wildman–Crippen MR) is 111 cm³/mol. The summed E-state index contributed by atoms with van der Waals surface area (Å²) in [4.78, 5) is 20.7. The minimum Gasteiger partial charge on any atom is -0.340 e. The number of nitrogens with zero attached hydrogens (tertiary/aromatic N) is 2. The van der Waals surface area contributed by atoms with E-state index in [-0.39, 0.29) is 11.5 Å². The molecule has 0 spiro atoms. The van der Waals surface area contributed by atoms with Crippen molar-refractivity contribution in [3.05, 3.63) is 102 Å². The number of carbonyl (C=O) groups excluding carboxylic acids is 1. The van der Waals surface area contributed by atoms with Gasteiger partial charge in [0.2, 0.25) is 0 Å². The minimum atomic E-state index is -0.778. The van der Waals surface area contributed by atoms with E-state index in [0.717, 1.165) is 23.8 Å². The lowest BCUT2D eigenvalue weighted by atomic mass is 10.1. The maximum absolute atomic E-state index is 13.3. The highest BCUT2D eigenvalue weighted by Crippen LogP contribution is 2.22. The van der Waals surface area contributed by atoms with E-state index in [1.165, 1.54) is 18.5 Å².